The summed E-state index contributed by atoms with van der Waals surface area (Å²) in [5, 5.41) is 2.42. The monoisotopic (exact) mass is 101 g/mol. The lowest BCUT2D eigenvalue weighted by atomic mass is 10.7. The summed E-state index contributed by atoms with van der Waals surface area (Å²) in [7, 11) is 0. The Morgan fingerprint density at radius 2 is 2.67 bits per heavy atom. The van der Waals surface area contributed by atoms with Crippen LogP contribution in [0.5, 0.6) is 0 Å². The zero-order valence-corrected chi connectivity index (χ0v) is 3.76. The fourth-order valence-electron chi connectivity index (χ4n) is 0.224. The number of hydrogen-bond acceptors (Lipinski definition) is 1. The van der Waals surface area contributed by atoms with Gasteiger partial charge in [-0.05, 0) is 12.1 Å². The van der Waals surface area contributed by atoms with Gasteiger partial charge in [0.05, 0.1) is 0 Å². The third-order valence-corrected chi connectivity index (χ3v) is 1.02. The van der Waals surface area contributed by atoms with Gasteiger partial charge in [0.25, 0.3) is 0 Å². The van der Waals surface area contributed by atoms with E-state index < -0.39 is 0 Å². The van der Waals surface area contributed by atoms with Crippen molar-refractivity contribution in [2.24, 2.45) is 0 Å². The largest absolute Gasteiger partial charge is 0.195 e. The molecule has 1 radical (unpaired) electrons. The molecule has 0 saturated carbocycles. The maximum absolute atomic E-state index is 11.7. The van der Waals surface area contributed by atoms with E-state index in [9.17, 15) is 4.39 Å². The van der Waals surface area contributed by atoms with Gasteiger partial charge in [-0.15, -0.1) is 11.3 Å². The molecule has 1 heterocycles. The van der Waals surface area contributed by atoms with Gasteiger partial charge in [-0.25, -0.2) is 0 Å². The van der Waals surface area contributed by atoms with Crippen LogP contribution in [-0.4, -0.2) is 0 Å². The van der Waals surface area contributed by atoms with Gasteiger partial charge in [0.15, 0.2) is 5.13 Å². The Bertz CT molecular complexity index is 111. The number of halogens is 1. The molecule has 0 atom stereocenters. The average molecular weight is 101 g/mol. The summed E-state index contributed by atoms with van der Waals surface area (Å²) in [5.41, 5.74) is 0. The van der Waals surface area contributed by atoms with Crippen molar-refractivity contribution < 1.29 is 4.39 Å². The molecule has 1 rings (SSSR count). The summed E-state index contributed by atoms with van der Waals surface area (Å²) >= 11 is 0.986. The second-order valence-corrected chi connectivity index (χ2v) is 1.69. The van der Waals surface area contributed by atoms with Crippen molar-refractivity contribution in [2.45, 2.75) is 0 Å². The summed E-state index contributed by atoms with van der Waals surface area (Å²) in [6.45, 7) is 0. The van der Waals surface area contributed by atoms with Crippen LogP contribution in [0.4, 0.5) is 4.39 Å². The van der Waals surface area contributed by atoms with Gasteiger partial charge >= 0.3 is 0 Å². The van der Waals surface area contributed by atoms with Crippen molar-refractivity contribution >= 4 is 11.3 Å². The molecule has 0 saturated heterocycles. The molecule has 0 aromatic carbocycles. The van der Waals surface area contributed by atoms with Crippen molar-refractivity contribution in [2.75, 3.05) is 0 Å². The molecule has 0 nitrogen and oxygen atoms in total. The van der Waals surface area contributed by atoms with E-state index in [0.717, 1.165) is 11.3 Å². The molecule has 0 aliphatic heterocycles. The summed E-state index contributed by atoms with van der Waals surface area (Å²) in [6, 6.07) is 2.94. The molecule has 2 heteroatoms. The third-order valence-electron chi connectivity index (χ3n) is 0.439. The van der Waals surface area contributed by atoms with Crippen LogP contribution in [-0.2, 0) is 0 Å². The molecule has 0 unspecified atom stereocenters. The normalized spacial score (nSPS) is 8.83. The molecule has 6 heavy (non-hydrogen) atoms. The second-order valence-electron chi connectivity index (χ2n) is 0.857. The molecule has 0 amide bonds. The highest BCUT2D eigenvalue weighted by Crippen LogP contribution is 2.01. The first kappa shape index (κ1) is 3.81. The number of rotatable bonds is 0. The summed E-state index contributed by atoms with van der Waals surface area (Å²) in [4.78, 5) is 0. The standard InChI is InChI=1S/C4H2FS/c5-4-2-1-3-6-4/h1-2H. The van der Waals surface area contributed by atoms with E-state index in [1.165, 1.54) is 6.07 Å². The van der Waals surface area contributed by atoms with E-state index in [4.69, 9.17) is 0 Å². The first-order chi connectivity index (χ1) is 2.89. The van der Waals surface area contributed by atoms with Crippen molar-refractivity contribution in [1.29, 1.82) is 0 Å². The van der Waals surface area contributed by atoms with Gasteiger partial charge in [0.1, 0.15) is 0 Å². The Morgan fingerprint density at radius 1 is 1.83 bits per heavy atom. The summed E-state index contributed by atoms with van der Waals surface area (Å²) in [5.74, 6) is 0. The zero-order chi connectivity index (χ0) is 4.41. The lowest BCUT2D eigenvalue weighted by Gasteiger charge is -1.60. The Morgan fingerprint density at radius 3 is 2.83 bits per heavy atom. The van der Waals surface area contributed by atoms with Crippen molar-refractivity contribution in [3.8, 4) is 0 Å². The van der Waals surface area contributed by atoms with Crippen LogP contribution in [0.25, 0.3) is 0 Å². The average Bonchev–Trinajstić information content (AvgIpc) is 1.86. The maximum atomic E-state index is 11.7. The maximum Gasteiger partial charge on any atom is 0.177 e. The molecule has 0 aliphatic rings. The van der Waals surface area contributed by atoms with Crippen LogP contribution in [0.3, 0.4) is 0 Å². The van der Waals surface area contributed by atoms with Gasteiger partial charge < -0.3 is 0 Å². The fourth-order valence-corrected chi connectivity index (χ4v) is 0.609. The molecule has 0 N–H and O–H groups in total. The van der Waals surface area contributed by atoms with Gasteiger partial charge in [0.2, 0.25) is 0 Å². The summed E-state index contributed by atoms with van der Waals surface area (Å²) in [6.07, 6.45) is 0. The molecular weight excluding hydrogens is 99.1 g/mol. The van der Waals surface area contributed by atoms with Gasteiger partial charge in [-0.2, -0.15) is 4.39 Å². The summed E-state index contributed by atoms with van der Waals surface area (Å²) < 4.78 is 11.7. The van der Waals surface area contributed by atoms with E-state index in [-0.39, 0.29) is 5.13 Å². The second kappa shape index (κ2) is 1.39. The lowest BCUT2D eigenvalue weighted by molar-refractivity contribution is 0.657. The van der Waals surface area contributed by atoms with Crippen molar-refractivity contribution in [1.82, 2.24) is 0 Å². The highest BCUT2D eigenvalue weighted by molar-refractivity contribution is 7.07. The Balaban J connectivity index is 3.05. The van der Waals surface area contributed by atoms with E-state index in [0.29, 0.717) is 0 Å². The predicted octanol–water partition coefficient (Wildman–Crippen LogP) is 1.69. The van der Waals surface area contributed by atoms with Crippen LogP contribution in [0, 0.1) is 10.5 Å². The Labute approximate surface area is 39.2 Å². The van der Waals surface area contributed by atoms with E-state index in [1.54, 1.807) is 6.07 Å². The molecule has 1 aromatic rings. The molecule has 1 aromatic heterocycles. The quantitative estimate of drug-likeness (QED) is 0.466. The van der Waals surface area contributed by atoms with Gasteiger partial charge in [-0.1, -0.05) is 0 Å². The van der Waals surface area contributed by atoms with E-state index in [1.807, 2.05) is 0 Å². The van der Waals surface area contributed by atoms with Crippen molar-refractivity contribution in [3.63, 3.8) is 0 Å². The Hall–Kier alpha value is -0.370. The van der Waals surface area contributed by atoms with Crippen LogP contribution in [0.15, 0.2) is 12.1 Å². The minimum atomic E-state index is -0.171. The highest BCUT2D eigenvalue weighted by Gasteiger charge is 1.81. The topological polar surface area (TPSA) is 0 Å². The van der Waals surface area contributed by atoms with E-state index >= 15 is 0 Å². The zero-order valence-electron chi connectivity index (χ0n) is 2.94. The number of thiophene rings is 1. The molecule has 0 fully saturated rings. The van der Waals surface area contributed by atoms with Crippen LogP contribution in [0.2, 0.25) is 0 Å². The molecule has 0 spiro atoms. The van der Waals surface area contributed by atoms with E-state index in [2.05, 4.69) is 5.38 Å². The molecule has 31 valence electrons. The van der Waals surface area contributed by atoms with Crippen LogP contribution in [0.1, 0.15) is 0 Å². The Kier molecular flexibility index (Phi) is 0.881. The van der Waals surface area contributed by atoms with Crippen LogP contribution < -0.4 is 0 Å². The van der Waals surface area contributed by atoms with Crippen LogP contribution >= 0.6 is 11.3 Å². The van der Waals surface area contributed by atoms with Crippen molar-refractivity contribution in [3.05, 3.63) is 22.6 Å². The first-order valence-corrected chi connectivity index (χ1v) is 2.32. The molecule has 0 aliphatic carbocycles. The smallest absolute Gasteiger partial charge is 0.177 e. The highest BCUT2D eigenvalue weighted by atomic mass is 32.1. The third kappa shape index (κ3) is 0.571. The molecular formula is C4H2FS. The minimum absolute atomic E-state index is 0.171. The fraction of sp³-hybridized carbons (Fsp3) is 0. The first-order valence-electron chi connectivity index (χ1n) is 1.51. The predicted molar refractivity (Wildman–Crippen MR) is 23.1 cm³/mol. The van der Waals surface area contributed by atoms with Gasteiger partial charge in [0, 0.05) is 5.38 Å². The van der Waals surface area contributed by atoms with Gasteiger partial charge in [-0.3, -0.25) is 0 Å². The molecule has 0 bridgehead atoms. The SMILES string of the molecule is Fc1cc[c]s1. The number of hydrogen-bond donors (Lipinski definition) is 0. The lowest BCUT2D eigenvalue weighted by Crippen LogP contribution is -1.43. The minimum Gasteiger partial charge on any atom is -0.195 e.